The Morgan fingerprint density at radius 3 is 1.87 bits per heavy atom. The SMILES string of the molecule is COc1ccc(C(=O)NCC(=O)N/N=C\c2ccc(OC(=O)c3ccc(Cl)cc3)cc2OC(=O)c2ccc(Cl)cc2)cc1OC. The van der Waals surface area contributed by atoms with Gasteiger partial charge in [0.1, 0.15) is 11.5 Å². The molecule has 4 aromatic carbocycles. The number of rotatable bonds is 11. The Bertz CT molecular complexity index is 1740. The van der Waals surface area contributed by atoms with Crippen molar-refractivity contribution in [2.24, 2.45) is 5.10 Å². The summed E-state index contributed by atoms with van der Waals surface area (Å²) in [6.45, 7) is -0.386. The van der Waals surface area contributed by atoms with E-state index in [1.54, 1.807) is 18.2 Å². The minimum atomic E-state index is -0.718. The Balaban J connectivity index is 1.44. The number of hydrazone groups is 1. The van der Waals surface area contributed by atoms with Crippen LogP contribution in [0.3, 0.4) is 0 Å². The number of ether oxygens (including phenoxy) is 4. The lowest BCUT2D eigenvalue weighted by molar-refractivity contribution is -0.120. The standard InChI is InChI=1S/C32H25Cl2N3O8/c1-42-26-14-8-21(15-28(26)43-2)30(39)35-18-29(38)37-36-17-22-7-13-25(44-31(40)19-3-9-23(33)10-4-19)16-27(22)45-32(41)20-5-11-24(34)12-6-20/h3-17H,18H2,1-2H3,(H,35,39)(H,37,38)/b36-17-. The van der Waals surface area contributed by atoms with E-state index in [2.05, 4.69) is 15.8 Å². The monoisotopic (exact) mass is 649 g/mol. The first kappa shape index (κ1) is 32.5. The molecule has 0 unspecified atom stereocenters. The lowest BCUT2D eigenvalue weighted by Crippen LogP contribution is -2.34. The number of nitrogens with zero attached hydrogens (tertiary/aromatic N) is 1. The van der Waals surface area contributed by atoms with Crippen LogP contribution in [0.25, 0.3) is 0 Å². The number of hydrogen-bond acceptors (Lipinski definition) is 9. The molecule has 0 atom stereocenters. The Kier molecular flexibility index (Phi) is 11.1. The minimum Gasteiger partial charge on any atom is -0.493 e. The van der Waals surface area contributed by atoms with Crippen molar-refractivity contribution >= 4 is 53.2 Å². The van der Waals surface area contributed by atoms with E-state index < -0.39 is 23.8 Å². The second-order valence-electron chi connectivity index (χ2n) is 9.04. The molecule has 0 fully saturated rings. The Hall–Kier alpha value is -5.39. The van der Waals surface area contributed by atoms with Crippen molar-refractivity contribution < 1.29 is 38.1 Å². The third-order valence-corrected chi connectivity index (χ3v) is 6.51. The van der Waals surface area contributed by atoms with Gasteiger partial charge in [-0.15, -0.1) is 0 Å². The Labute approximate surface area is 267 Å². The highest BCUT2D eigenvalue weighted by Gasteiger charge is 2.16. The lowest BCUT2D eigenvalue weighted by Gasteiger charge is -2.11. The molecule has 2 amide bonds. The van der Waals surface area contributed by atoms with Crippen molar-refractivity contribution in [3.05, 3.63) is 117 Å². The summed E-state index contributed by atoms with van der Waals surface area (Å²) in [5, 5.41) is 7.28. The summed E-state index contributed by atoms with van der Waals surface area (Å²) in [4.78, 5) is 50.3. The van der Waals surface area contributed by atoms with Gasteiger partial charge in [0.25, 0.3) is 11.8 Å². The molecular weight excluding hydrogens is 625 g/mol. The highest BCUT2D eigenvalue weighted by molar-refractivity contribution is 6.31. The van der Waals surface area contributed by atoms with E-state index in [1.807, 2.05) is 0 Å². The zero-order valence-corrected chi connectivity index (χ0v) is 25.3. The molecule has 13 heteroatoms. The summed E-state index contributed by atoms with van der Waals surface area (Å²) in [6, 6.07) is 21.0. The van der Waals surface area contributed by atoms with Gasteiger partial charge in [-0.3, -0.25) is 9.59 Å². The van der Waals surface area contributed by atoms with Crippen LogP contribution in [0.15, 0.2) is 90.0 Å². The molecule has 0 aromatic heterocycles. The first-order chi connectivity index (χ1) is 21.7. The van der Waals surface area contributed by atoms with E-state index in [4.69, 9.17) is 42.1 Å². The molecule has 45 heavy (non-hydrogen) atoms. The molecule has 2 N–H and O–H groups in total. The summed E-state index contributed by atoms with van der Waals surface area (Å²) in [5.74, 6) is -1.66. The van der Waals surface area contributed by atoms with Crippen LogP contribution < -0.4 is 29.7 Å². The molecule has 0 spiro atoms. The summed E-state index contributed by atoms with van der Waals surface area (Å²) in [6.07, 6.45) is 1.23. The Morgan fingerprint density at radius 2 is 1.27 bits per heavy atom. The van der Waals surface area contributed by atoms with Gasteiger partial charge < -0.3 is 24.3 Å². The van der Waals surface area contributed by atoms with Gasteiger partial charge in [-0.1, -0.05) is 23.2 Å². The molecule has 0 radical (unpaired) electrons. The molecule has 0 aliphatic carbocycles. The molecule has 0 heterocycles. The van der Waals surface area contributed by atoms with E-state index in [1.165, 1.54) is 87.2 Å². The number of halogens is 2. The Morgan fingerprint density at radius 1 is 0.689 bits per heavy atom. The average molecular weight is 650 g/mol. The lowest BCUT2D eigenvalue weighted by atomic mass is 10.2. The second kappa shape index (κ2) is 15.4. The maximum atomic E-state index is 12.8. The predicted octanol–water partition coefficient (Wildman–Crippen LogP) is 5.33. The van der Waals surface area contributed by atoms with Crippen molar-refractivity contribution in [3.63, 3.8) is 0 Å². The van der Waals surface area contributed by atoms with E-state index in [-0.39, 0.29) is 40.3 Å². The molecule has 0 aliphatic heterocycles. The maximum absolute atomic E-state index is 12.8. The van der Waals surface area contributed by atoms with Gasteiger partial charge in [0, 0.05) is 27.2 Å². The summed E-state index contributed by atoms with van der Waals surface area (Å²) in [7, 11) is 2.91. The van der Waals surface area contributed by atoms with Crippen molar-refractivity contribution in [2.45, 2.75) is 0 Å². The highest BCUT2D eigenvalue weighted by atomic mass is 35.5. The van der Waals surface area contributed by atoms with Gasteiger partial charge in [0.2, 0.25) is 0 Å². The fraction of sp³-hybridized carbons (Fsp3) is 0.0938. The quantitative estimate of drug-likeness (QED) is 0.0961. The molecule has 0 saturated carbocycles. The maximum Gasteiger partial charge on any atom is 0.343 e. The van der Waals surface area contributed by atoms with E-state index in [0.717, 1.165) is 0 Å². The van der Waals surface area contributed by atoms with Crippen LogP contribution in [-0.2, 0) is 4.79 Å². The second-order valence-corrected chi connectivity index (χ2v) is 9.91. The van der Waals surface area contributed by atoms with Crippen LogP contribution in [0.5, 0.6) is 23.0 Å². The third kappa shape index (κ3) is 9.05. The number of methoxy groups -OCH3 is 2. The van der Waals surface area contributed by atoms with E-state index in [9.17, 15) is 19.2 Å². The number of amides is 2. The first-order valence-electron chi connectivity index (χ1n) is 13.1. The summed E-state index contributed by atoms with van der Waals surface area (Å²) >= 11 is 11.8. The number of carbonyl (C=O) groups is 4. The number of nitrogens with one attached hydrogen (secondary N) is 2. The van der Waals surface area contributed by atoms with Crippen molar-refractivity contribution in [1.82, 2.24) is 10.7 Å². The molecule has 0 saturated heterocycles. The molecule has 4 aromatic rings. The number of benzene rings is 4. The number of hydrogen-bond donors (Lipinski definition) is 2. The smallest absolute Gasteiger partial charge is 0.343 e. The predicted molar refractivity (Wildman–Crippen MR) is 167 cm³/mol. The normalized spacial score (nSPS) is 10.6. The van der Waals surface area contributed by atoms with Gasteiger partial charge in [-0.05, 0) is 78.9 Å². The van der Waals surface area contributed by atoms with Crippen LogP contribution in [0.2, 0.25) is 10.0 Å². The fourth-order valence-electron chi connectivity index (χ4n) is 3.72. The average Bonchev–Trinajstić information content (AvgIpc) is 3.04. The van der Waals surface area contributed by atoms with Crippen LogP contribution in [-0.4, -0.2) is 50.7 Å². The van der Waals surface area contributed by atoms with Crippen molar-refractivity contribution in [1.29, 1.82) is 0 Å². The van der Waals surface area contributed by atoms with Crippen LogP contribution in [0.4, 0.5) is 0 Å². The topological polar surface area (TPSA) is 142 Å². The summed E-state index contributed by atoms with van der Waals surface area (Å²) < 4.78 is 21.4. The van der Waals surface area contributed by atoms with Crippen molar-refractivity contribution in [3.8, 4) is 23.0 Å². The molecule has 11 nitrogen and oxygen atoms in total. The van der Waals surface area contributed by atoms with Gasteiger partial charge in [-0.2, -0.15) is 5.10 Å². The van der Waals surface area contributed by atoms with Crippen molar-refractivity contribution in [2.75, 3.05) is 20.8 Å². The molecule has 0 aliphatic rings. The largest absolute Gasteiger partial charge is 0.493 e. The van der Waals surface area contributed by atoms with Crippen LogP contribution in [0, 0.1) is 0 Å². The van der Waals surface area contributed by atoms with Crippen LogP contribution >= 0.6 is 23.2 Å². The van der Waals surface area contributed by atoms with Gasteiger partial charge in [0.05, 0.1) is 38.1 Å². The van der Waals surface area contributed by atoms with E-state index in [0.29, 0.717) is 21.5 Å². The van der Waals surface area contributed by atoms with Gasteiger partial charge >= 0.3 is 11.9 Å². The fourth-order valence-corrected chi connectivity index (χ4v) is 3.98. The third-order valence-electron chi connectivity index (χ3n) is 6.01. The first-order valence-corrected chi connectivity index (χ1v) is 13.8. The minimum absolute atomic E-state index is 0.0175. The van der Waals surface area contributed by atoms with E-state index >= 15 is 0 Å². The zero-order chi connectivity index (χ0) is 32.3. The van der Waals surface area contributed by atoms with Gasteiger partial charge in [-0.25, -0.2) is 15.0 Å². The molecular formula is C32H25Cl2N3O8. The highest BCUT2D eigenvalue weighted by Crippen LogP contribution is 2.28. The molecule has 0 bridgehead atoms. The molecule has 230 valence electrons. The molecule has 4 rings (SSSR count). The zero-order valence-electron chi connectivity index (χ0n) is 23.8. The number of esters is 2. The summed E-state index contributed by atoms with van der Waals surface area (Å²) in [5.41, 5.74) is 3.28. The number of carbonyl (C=O) groups excluding carboxylic acids is 4. The van der Waals surface area contributed by atoms with Gasteiger partial charge in [0.15, 0.2) is 11.5 Å². The van der Waals surface area contributed by atoms with Crippen LogP contribution in [0.1, 0.15) is 36.6 Å².